The van der Waals surface area contributed by atoms with Crippen molar-refractivity contribution in [3.63, 3.8) is 0 Å². The first-order valence-electron chi connectivity index (χ1n) is 6.35. The molecule has 1 saturated carbocycles. The molecular weight excluding hydrogens is 216 g/mol. The number of nitrogens with zero attached hydrogens (tertiary/aromatic N) is 1. The molecule has 2 atom stereocenters. The van der Waals surface area contributed by atoms with Crippen molar-refractivity contribution in [2.75, 3.05) is 6.54 Å². The molecule has 1 aliphatic carbocycles. The monoisotopic (exact) mass is 238 g/mol. The maximum Gasteiger partial charge on any atom is 0.107 e. The van der Waals surface area contributed by atoms with Crippen LogP contribution in [0.5, 0.6) is 0 Å². The molecule has 0 bridgehead atoms. The van der Waals surface area contributed by atoms with E-state index in [1.54, 1.807) is 11.3 Å². The van der Waals surface area contributed by atoms with Crippen molar-refractivity contribution < 1.29 is 0 Å². The lowest BCUT2D eigenvalue weighted by Gasteiger charge is -2.26. The highest BCUT2D eigenvalue weighted by molar-refractivity contribution is 7.09. The third kappa shape index (κ3) is 3.56. The van der Waals surface area contributed by atoms with Crippen LogP contribution in [0.1, 0.15) is 43.3 Å². The van der Waals surface area contributed by atoms with Crippen LogP contribution in [0.15, 0.2) is 5.38 Å². The van der Waals surface area contributed by atoms with E-state index < -0.39 is 0 Å². The maximum atomic E-state index is 4.46. The second-order valence-electron chi connectivity index (χ2n) is 5.15. The average molecular weight is 238 g/mol. The number of hydrogen-bond donors (Lipinski definition) is 1. The highest BCUT2D eigenvalue weighted by atomic mass is 32.1. The zero-order valence-electron chi connectivity index (χ0n) is 10.3. The normalized spacial score (nSPS) is 25.9. The number of aromatic nitrogens is 1. The lowest BCUT2D eigenvalue weighted by Crippen LogP contribution is -2.26. The Morgan fingerprint density at radius 1 is 1.50 bits per heavy atom. The molecule has 1 heterocycles. The predicted octanol–water partition coefficient (Wildman–Crippen LogP) is 3.37. The topological polar surface area (TPSA) is 24.9 Å². The van der Waals surface area contributed by atoms with Crippen LogP contribution < -0.4 is 5.32 Å². The number of rotatable bonds is 4. The van der Waals surface area contributed by atoms with Crippen molar-refractivity contribution in [3.8, 4) is 0 Å². The van der Waals surface area contributed by atoms with Gasteiger partial charge in [0.25, 0.3) is 0 Å². The number of thiazole rings is 1. The fourth-order valence-electron chi connectivity index (χ4n) is 2.61. The van der Waals surface area contributed by atoms with Gasteiger partial charge >= 0.3 is 0 Å². The van der Waals surface area contributed by atoms with Crippen LogP contribution in [0.25, 0.3) is 0 Å². The average Bonchev–Trinajstić information content (AvgIpc) is 2.64. The van der Waals surface area contributed by atoms with Gasteiger partial charge in [0.1, 0.15) is 5.01 Å². The molecule has 0 aliphatic heterocycles. The summed E-state index contributed by atoms with van der Waals surface area (Å²) in [7, 11) is 0. The standard InChI is InChI=1S/C13H22N2S/c1-10-4-3-5-12(6-10)7-14-8-13-15-11(2)9-16-13/h9-10,12,14H,3-8H2,1-2H3. The molecule has 16 heavy (non-hydrogen) atoms. The summed E-state index contributed by atoms with van der Waals surface area (Å²) in [5.74, 6) is 1.83. The van der Waals surface area contributed by atoms with Gasteiger partial charge in [0.2, 0.25) is 0 Å². The van der Waals surface area contributed by atoms with Crippen LogP contribution in [0.3, 0.4) is 0 Å². The molecule has 0 aromatic carbocycles. The fraction of sp³-hybridized carbons (Fsp3) is 0.769. The number of nitrogens with one attached hydrogen (secondary N) is 1. The van der Waals surface area contributed by atoms with Gasteiger partial charge in [-0.05, 0) is 38.1 Å². The van der Waals surface area contributed by atoms with Gasteiger partial charge in [0.05, 0.1) is 0 Å². The number of hydrogen-bond acceptors (Lipinski definition) is 3. The Morgan fingerprint density at radius 2 is 2.38 bits per heavy atom. The van der Waals surface area contributed by atoms with Crippen molar-refractivity contribution in [1.82, 2.24) is 10.3 Å². The zero-order chi connectivity index (χ0) is 11.4. The quantitative estimate of drug-likeness (QED) is 0.870. The molecule has 0 spiro atoms. The Bertz CT molecular complexity index is 321. The van der Waals surface area contributed by atoms with Crippen LogP contribution in [-0.2, 0) is 6.54 Å². The molecule has 1 aliphatic rings. The van der Waals surface area contributed by atoms with E-state index in [1.807, 2.05) is 0 Å². The van der Waals surface area contributed by atoms with Crippen molar-refractivity contribution in [2.24, 2.45) is 11.8 Å². The van der Waals surface area contributed by atoms with E-state index in [9.17, 15) is 0 Å². The molecule has 0 radical (unpaired) electrons. The summed E-state index contributed by atoms with van der Waals surface area (Å²) in [5, 5.41) is 6.90. The molecule has 3 heteroatoms. The van der Waals surface area contributed by atoms with Gasteiger partial charge in [0, 0.05) is 17.6 Å². The summed E-state index contributed by atoms with van der Waals surface area (Å²) in [5.41, 5.74) is 1.15. The molecule has 90 valence electrons. The van der Waals surface area contributed by atoms with Gasteiger partial charge in [-0.25, -0.2) is 4.98 Å². The highest BCUT2D eigenvalue weighted by Crippen LogP contribution is 2.27. The third-order valence-corrected chi connectivity index (χ3v) is 4.39. The van der Waals surface area contributed by atoms with Crippen LogP contribution in [0.2, 0.25) is 0 Å². The molecule has 1 aromatic heterocycles. The van der Waals surface area contributed by atoms with Gasteiger partial charge in [0.15, 0.2) is 0 Å². The zero-order valence-corrected chi connectivity index (χ0v) is 11.1. The van der Waals surface area contributed by atoms with Gasteiger partial charge in [-0.2, -0.15) is 0 Å². The van der Waals surface area contributed by atoms with Crippen molar-refractivity contribution >= 4 is 11.3 Å². The lowest BCUT2D eigenvalue weighted by molar-refractivity contribution is 0.274. The molecular formula is C13H22N2S. The van der Waals surface area contributed by atoms with Gasteiger partial charge < -0.3 is 5.32 Å². The minimum absolute atomic E-state index is 0.893. The highest BCUT2D eigenvalue weighted by Gasteiger charge is 2.18. The van der Waals surface area contributed by atoms with E-state index >= 15 is 0 Å². The van der Waals surface area contributed by atoms with Crippen LogP contribution >= 0.6 is 11.3 Å². The van der Waals surface area contributed by atoms with E-state index in [-0.39, 0.29) is 0 Å². The van der Waals surface area contributed by atoms with Crippen LogP contribution in [-0.4, -0.2) is 11.5 Å². The second-order valence-corrected chi connectivity index (χ2v) is 6.09. The Kier molecular flexibility index (Phi) is 4.36. The first-order chi connectivity index (χ1) is 7.74. The predicted molar refractivity (Wildman–Crippen MR) is 69.7 cm³/mol. The molecule has 1 fully saturated rings. The Morgan fingerprint density at radius 3 is 3.06 bits per heavy atom. The Hall–Kier alpha value is -0.410. The summed E-state index contributed by atoms with van der Waals surface area (Å²) < 4.78 is 0. The molecule has 0 amide bonds. The van der Waals surface area contributed by atoms with E-state index in [0.29, 0.717) is 0 Å². The minimum Gasteiger partial charge on any atom is -0.310 e. The summed E-state index contributed by atoms with van der Waals surface area (Å²) in [6, 6.07) is 0. The Labute approximate surface area is 102 Å². The lowest BCUT2D eigenvalue weighted by atomic mass is 9.82. The van der Waals surface area contributed by atoms with Crippen molar-refractivity contribution in [1.29, 1.82) is 0 Å². The van der Waals surface area contributed by atoms with Gasteiger partial charge in [-0.15, -0.1) is 11.3 Å². The molecule has 2 nitrogen and oxygen atoms in total. The van der Waals surface area contributed by atoms with Gasteiger partial charge in [-0.1, -0.05) is 19.8 Å². The molecule has 2 rings (SSSR count). The molecule has 1 aromatic rings. The minimum atomic E-state index is 0.893. The molecule has 1 N–H and O–H groups in total. The van der Waals surface area contributed by atoms with Crippen molar-refractivity contribution in [2.45, 2.75) is 46.1 Å². The first kappa shape index (κ1) is 12.1. The van der Waals surface area contributed by atoms with Crippen LogP contribution in [0, 0.1) is 18.8 Å². The summed E-state index contributed by atoms with van der Waals surface area (Å²) in [6.45, 7) is 6.56. The SMILES string of the molecule is Cc1csc(CNCC2CCCC(C)C2)n1. The Balaban J connectivity index is 1.67. The number of aryl methyl sites for hydroxylation is 1. The van der Waals surface area contributed by atoms with Crippen LogP contribution in [0.4, 0.5) is 0 Å². The summed E-state index contributed by atoms with van der Waals surface area (Å²) in [4.78, 5) is 4.46. The van der Waals surface area contributed by atoms with E-state index in [0.717, 1.165) is 24.1 Å². The second kappa shape index (κ2) is 5.78. The van der Waals surface area contributed by atoms with Gasteiger partial charge in [-0.3, -0.25) is 0 Å². The van der Waals surface area contributed by atoms with E-state index in [2.05, 4.69) is 29.5 Å². The summed E-state index contributed by atoms with van der Waals surface area (Å²) >= 11 is 1.76. The van der Waals surface area contributed by atoms with Crippen molar-refractivity contribution in [3.05, 3.63) is 16.1 Å². The largest absolute Gasteiger partial charge is 0.310 e. The summed E-state index contributed by atoms with van der Waals surface area (Å²) in [6.07, 6.45) is 5.67. The molecule has 0 saturated heterocycles. The molecule has 2 unspecified atom stereocenters. The van der Waals surface area contributed by atoms with E-state index in [4.69, 9.17) is 0 Å². The van der Waals surface area contributed by atoms with E-state index in [1.165, 1.54) is 37.2 Å². The smallest absolute Gasteiger partial charge is 0.107 e. The third-order valence-electron chi connectivity index (χ3n) is 3.42. The fourth-order valence-corrected chi connectivity index (χ4v) is 3.35. The first-order valence-corrected chi connectivity index (χ1v) is 7.23. The maximum absolute atomic E-state index is 4.46.